The van der Waals surface area contributed by atoms with Gasteiger partial charge in [-0.3, -0.25) is 0 Å². The molecule has 0 aliphatic carbocycles. The first-order valence-electron chi connectivity index (χ1n) is 5.98. The lowest BCUT2D eigenvalue weighted by molar-refractivity contribution is 0.475. The van der Waals surface area contributed by atoms with Crippen molar-refractivity contribution < 1.29 is 5.11 Å². The summed E-state index contributed by atoms with van der Waals surface area (Å²) in [6.07, 6.45) is 2.36. The molecule has 0 unspecified atom stereocenters. The molecule has 0 aliphatic heterocycles. The van der Waals surface area contributed by atoms with Gasteiger partial charge < -0.3 is 5.11 Å². The second-order valence-electron chi connectivity index (χ2n) is 4.41. The van der Waals surface area contributed by atoms with Gasteiger partial charge in [-0.05, 0) is 56.5 Å². The lowest BCUT2D eigenvalue weighted by Crippen LogP contribution is -1.91. The third-order valence-electron chi connectivity index (χ3n) is 3.07. The highest BCUT2D eigenvalue weighted by molar-refractivity contribution is 9.13. The van der Waals surface area contributed by atoms with Crippen molar-refractivity contribution in [3.05, 3.63) is 51.4 Å². The normalized spacial score (nSPS) is 11.1. The van der Waals surface area contributed by atoms with Crippen molar-refractivity contribution >= 4 is 53.9 Å². The molecular weight excluding hydrogens is 384 g/mol. The second kappa shape index (κ2) is 5.14. The average molecular weight is 394 g/mol. The SMILES string of the molecule is C=CCc1ccc2nc3cc(Br)c(Br)cc3nc2c1O. The summed E-state index contributed by atoms with van der Waals surface area (Å²) in [5, 5.41) is 10.3. The van der Waals surface area contributed by atoms with Crippen LogP contribution in [0.4, 0.5) is 0 Å². The lowest BCUT2D eigenvalue weighted by atomic mass is 10.1. The molecule has 0 atom stereocenters. The van der Waals surface area contributed by atoms with Crippen LogP contribution in [0.3, 0.4) is 0 Å². The molecule has 3 nitrogen and oxygen atoms in total. The van der Waals surface area contributed by atoms with Gasteiger partial charge in [0.25, 0.3) is 0 Å². The van der Waals surface area contributed by atoms with Crippen molar-refractivity contribution in [2.24, 2.45) is 0 Å². The summed E-state index contributed by atoms with van der Waals surface area (Å²) in [4.78, 5) is 9.07. The molecule has 2 aromatic carbocycles. The lowest BCUT2D eigenvalue weighted by Gasteiger charge is -2.07. The van der Waals surface area contributed by atoms with E-state index in [1.54, 1.807) is 6.08 Å². The van der Waals surface area contributed by atoms with E-state index in [2.05, 4.69) is 48.4 Å². The Balaban J connectivity index is 2.36. The van der Waals surface area contributed by atoms with Gasteiger partial charge in [0.1, 0.15) is 11.3 Å². The van der Waals surface area contributed by atoms with Gasteiger partial charge in [0.15, 0.2) is 0 Å². The highest BCUT2D eigenvalue weighted by atomic mass is 79.9. The van der Waals surface area contributed by atoms with E-state index >= 15 is 0 Å². The number of hydrogen-bond acceptors (Lipinski definition) is 3. The van der Waals surface area contributed by atoms with Gasteiger partial charge in [0, 0.05) is 14.5 Å². The predicted molar refractivity (Wildman–Crippen MR) is 88.0 cm³/mol. The molecule has 0 fully saturated rings. The number of hydrogen-bond donors (Lipinski definition) is 1. The van der Waals surface area contributed by atoms with Crippen LogP contribution in [0.2, 0.25) is 0 Å². The molecule has 20 heavy (non-hydrogen) atoms. The van der Waals surface area contributed by atoms with Crippen molar-refractivity contribution in [2.75, 3.05) is 0 Å². The Morgan fingerprint density at radius 2 is 1.70 bits per heavy atom. The summed E-state index contributed by atoms with van der Waals surface area (Å²) < 4.78 is 1.83. The minimum absolute atomic E-state index is 0.177. The first-order valence-corrected chi connectivity index (χ1v) is 7.57. The van der Waals surface area contributed by atoms with E-state index in [1.807, 2.05) is 24.3 Å². The van der Waals surface area contributed by atoms with Gasteiger partial charge in [-0.2, -0.15) is 0 Å². The average Bonchev–Trinajstić information content (AvgIpc) is 2.42. The zero-order chi connectivity index (χ0) is 14.3. The molecule has 100 valence electrons. The fourth-order valence-corrected chi connectivity index (χ4v) is 2.75. The number of phenols is 1. The third-order valence-corrected chi connectivity index (χ3v) is 4.91. The van der Waals surface area contributed by atoms with Gasteiger partial charge in [-0.1, -0.05) is 12.1 Å². The second-order valence-corrected chi connectivity index (χ2v) is 6.12. The molecule has 0 bridgehead atoms. The zero-order valence-electron chi connectivity index (χ0n) is 10.4. The van der Waals surface area contributed by atoms with E-state index in [9.17, 15) is 5.11 Å². The minimum atomic E-state index is 0.177. The van der Waals surface area contributed by atoms with E-state index in [0.29, 0.717) is 17.5 Å². The Kier molecular flexibility index (Phi) is 3.48. The highest BCUT2D eigenvalue weighted by Gasteiger charge is 2.10. The molecule has 0 radical (unpaired) electrons. The summed E-state index contributed by atoms with van der Waals surface area (Å²) >= 11 is 6.90. The van der Waals surface area contributed by atoms with E-state index in [4.69, 9.17) is 0 Å². The zero-order valence-corrected chi connectivity index (χ0v) is 13.6. The van der Waals surface area contributed by atoms with E-state index < -0.39 is 0 Å². The molecule has 0 spiro atoms. The molecule has 0 amide bonds. The van der Waals surface area contributed by atoms with Crippen LogP contribution in [0, 0.1) is 0 Å². The van der Waals surface area contributed by atoms with Crippen molar-refractivity contribution in [3.63, 3.8) is 0 Å². The molecule has 0 saturated carbocycles. The number of halogens is 2. The molecule has 0 aliphatic rings. The van der Waals surface area contributed by atoms with Crippen LogP contribution in [0.1, 0.15) is 5.56 Å². The number of aromatic hydroxyl groups is 1. The van der Waals surface area contributed by atoms with Crippen LogP contribution in [0.15, 0.2) is 45.9 Å². The first-order chi connectivity index (χ1) is 9.60. The molecule has 3 aromatic rings. The number of fused-ring (bicyclic) bond motifs is 2. The number of rotatable bonds is 2. The van der Waals surface area contributed by atoms with Crippen molar-refractivity contribution in [3.8, 4) is 5.75 Å². The van der Waals surface area contributed by atoms with Crippen molar-refractivity contribution in [1.82, 2.24) is 9.97 Å². The maximum Gasteiger partial charge on any atom is 0.146 e. The third kappa shape index (κ3) is 2.21. The number of phenolic OH excluding ortho intramolecular Hbond substituents is 1. The van der Waals surface area contributed by atoms with Crippen LogP contribution in [-0.2, 0) is 6.42 Å². The smallest absolute Gasteiger partial charge is 0.146 e. The predicted octanol–water partition coefficient (Wildman–Crippen LogP) is 4.74. The Morgan fingerprint density at radius 1 is 1.05 bits per heavy atom. The quantitative estimate of drug-likeness (QED) is 0.505. The summed E-state index contributed by atoms with van der Waals surface area (Å²) in [6, 6.07) is 7.51. The fourth-order valence-electron chi connectivity index (χ4n) is 2.09. The standard InChI is InChI=1S/C15H10Br2N2O/c1-2-3-8-4-5-11-14(15(8)20)19-13-7-10(17)9(16)6-12(13)18-11/h2,4-7,20H,1,3H2. The van der Waals surface area contributed by atoms with Gasteiger partial charge >= 0.3 is 0 Å². The summed E-state index contributed by atoms with van der Waals surface area (Å²) in [5.41, 5.74) is 3.52. The van der Waals surface area contributed by atoms with E-state index in [0.717, 1.165) is 25.5 Å². The maximum atomic E-state index is 10.3. The topological polar surface area (TPSA) is 46.0 Å². The Hall–Kier alpha value is -1.46. The maximum absolute atomic E-state index is 10.3. The molecule has 1 aromatic heterocycles. The molecule has 5 heteroatoms. The number of nitrogens with zero attached hydrogens (tertiary/aromatic N) is 2. The number of allylic oxidation sites excluding steroid dienone is 1. The highest BCUT2D eigenvalue weighted by Crippen LogP contribution is 2.31. The van der Waals surface area contributed by atoms with E-state index in [1.165, 1.54) is 0 Å². The molecule has 3 rings (SSSR count). The van der Waals surface area contributed by atoms with Gasteiger partial charge in [0.05, 0.1) is 16.6 Å². The number of benzene rings is 2. The summed E-state index contributed by atoms with van der Waals surface area (Å²) in [6.45, 7) is 3.69. The van der Waals surface area contributed by atoms with Crippen LogP contribution >= 0.6 is 31.9 Å². The van der Waals surface area contributed by atoms with Gasteiger partial charge in [-0.15, -0.1) is 6.58 Å². The van der Waals surface area contributed by atoms with Crippen molar-refractivity contribution in [1.29, 1.82) is 0 Å². The fraction of sp³-hybridized carbons (Fsp3) is 0.0667. The Labute approximate surface area is 132 Å². The summed E-state index contributed by atoms with van der Waals surface area (Å²) in [5.74, 6) is 0.177. The molecular formula is C15H10Br2N2O. The van der Waals surface area contributed by atoms with Crippen molar-refractivity contribution in [2.45, 2.75) is 6.42 Å². The minimum Gasteiger partial charge on any atom is -0.505 e. The van der Waals surface area contributed by atoms with Crippen LogP contribution in [0.25, 0.3) is 22.1 Å². The first kappa shape index (κ1) is 13.5. The number of aromatic nitrogens is 2. The van der Waals surface area contributed by atoms with Gasteiger partial charge in [0.2, 0.25) is 0 Å². The van der Waals surface area contributed by atoms with E-state index in [-0.39, 0.29) is 5.75 Å². The largest absolute Gasteiger partial charge is 0.505 e. The monoisotopic (exact) mass is 392 g/mol. The van der Waals surface area contributed by atoms with Crippen LogP contribution < -0.4 is 0 Å². The molecule has 0 saturated heterocycles. The Bertz CT molecular complexity index is 846. The Morgan fingerprint density at radius 3 is 2.35 bits per heavy atom. The molecule has 1 heterocycles. The van der Waals surface area contributed by atoms with Gasteiger partial charge in [-0.25, -0.2) is 9.97 Å². The molecule has 1 N–H and O–H groups in total. The van der Waals surface area contributed by atoms with Crippen LogP contribution in [0.5, 0.6) is 5.75 Å². The van der Waals surface area contributed by atoms with Crippen LogP contribution in [-0.4, -0.2) is 15.1 Å². The summed E-state index contributed by atoms with van der Waals surface area (Å²) in [7, 11) is 0.